The molecule has 28 heavy (non-hydrogen) atoms. The van der Waals surface area contributed by atoms with Crippen LogP contribution in [-0.4, -0.2) is 17.5 Å². The molecule has 1 aliphatic rings. The fourth-order valence-electron chi connectivity index (χ4n) is 3.91. The molecule has 0 bridgehead atoms. The van der Waals surface area contributed by atoms with Crippen LogP contribution in [0, 0.1) is 20.8 Å². The molecule has 2 aromatic carbocycles. The number of carbonyl (C=O) groups is 3. The quantitative estimate of drug-likeness (QED) is 0.601. The minimum absolute atomic E-state index is 0.271. The van der Waals surface area contributed by atoms with E-state index in [0.29, 0.717) is 16.8 Å². The molecule has 1 aromatic heterocycles. The maximum Gasteiger partial charge on any atom is 0.236 e. The summed E-state index contributed by atoms with van der Waals surface area (Å²) in [5.74, 6) is -1.35. The van der Waals surface area contributed by atoms with Gasteiger partial charge in [-0.2, -0.15) is 0 Å². The van der Waals surface area contributed by atoms with Gasteiger partial charge >= 0.3 is 0 Å². The van der Waals surface area contributed by atoms with E-state index in [-0.39, 0.29) is 5.91 Å². The van der Waals surface area contributed by atoms with Gasteiger partial charge in [0.15, 0.2) is 0 Å². The summed E-state index contributed by atoms with van der Waals surface area (Å²) in [6.45, 7) is 7.15. The van der Waals surface area contributed by atoms with Crippen LogP contribution in [0.1, 0.15) is 44.3 Å². The maximum absolute atomic E-state index is 13.2. The number of amides is 1. The highest BCUT2D eigenvalue weighted by molar-refractivity contribution is 7.15. The highest BCUT2D eigenvalue weighted by atomic mass is 32.1. The summed E-state index contributed by atoms with van der Waals surface area (Å²) in [5, 5.41) is 4.70. The Morgan fingerprint density at radius 3 is 2.21 bits per heavy atom. The van der Waals surface area contributed by atoms with Gasteiger partial charge in [-0.3, -0.25) is 14.4 Å². The third kappa shape index (κ3) is 2.62. The molecule has 4 nitrogen and oxygen atoms in total. The number of Topliss-reactive ketones (excluding diaryl/α,β-unsaturated/α-hetero) is 2. The van der Waals surface area contributed by atoms with E-state index in [1.165, 1.54) is 18.3 Å². The molecule has 1 aliphatic carbocycles. The van der Waals surface area contributed by atoms with E-state index in [1.54, 1.807) is 0 Å². The molecule has 0 fully saturated rings. The smallest absolute Gasteiger partial charge is 0.236 e. The van der Waals surface area contributed by atoms with Crippen molar-refractivity contribution in [1.82, 2.24) is 0 Å². The first kappa shape index (κ1) is 18.3. The standard InChI is InChI=1S/C23H19NO3S/c1-11-7-5-6-8-15(11)16-10-28-23-17-12(2)9-13(3)20(24-14(4)25)19(17)22(27)21(26)18(16)23/h5-10H,1-4H3,(H,24,25). The minimum Gasteiger partial charge on any atom is -0.325 e. The van der Waals surface area contributed by atoms with Crippen molar-refractivity contribution >= 4 is 34.5 Å². The third-order valence-corrected chi connectivity index (χ3v) is 6.13. The number of fused-ring (bicyclic) bond motifs is 3. The van der Waals surface area contributed by atoms with E-state index in [1.807, 2.05) is 56.5 Å². The molecule has 0 atom stereocenters. The lowest BCUT2D eigenvalue weighted by Crippen LogP contribution is -2.24. The van der Waals surface area contributed by atoms with E-state index in [4.69, 9.17) is 0 Å². The number of nitrogens with one attached hydrogen (secondary N) is 1. The van der Waals surface area contributed by atoms with Gasteiger partial charge in [0.1, 0.15) is 0 Å². The summed E-state index contributed by atoms with van der Waals surface area (Å²) in [5.41, 5.74) is 6.45. The lowest BCUT2D eigenvalue weighted by Gasteiger charge is -2.23. The van der Waals surface area contributed by atoms with E-state index >= 15 is 0 Å². The van der Waals surface area contributed by atoms with Gasteiger partial charge in [0, 0.05) is 22.9 Å². The second-order valence-electron chi connectivity index (χ2n) is 7.14. The van der Waals surface area contributed by atoms with Crippen LogP contribution in [0.2, 0.25) is 0 Å². The average molecular weight is 389 g/mol. The van der Waals surface area contributed by atoms with Gasteiger partial charge < -0.3 is 5.32 Å². The van der Waals surface area contributed by atoms with Gasteiger partial charge in [-0.15, -0.1) is 11.3 Å². The topological polar surface area (TPSA) is 63.2 Å². The Kier molecular flexibility index (Phi) is 4.27. The molecule has 3 aromatic rings. The van der Waals surface area contributed by atoms with Crippen LogP contribution in [0.3, 0.4) is 0 Å². The summed E-state index contributed by atoms with van der Waals surface area (Å²) >= 11 is 1.47. The summed E-state index contributed by atoms with van der Waals surface area (Å²) in [7, 11) is 0. The number of hydrogen-bond acceptors (Lipinski definition) is 4. The predicted octanol–water partition coefficient (Wildman–Crippen LogP) is 5.34. The van der Waals surface area contributed by atoms with E-state index in [0.717, 1.165) is 38.3 Å². The molecular weight excluding hydrogens is 370 g/mol. The van der Waals surface area contributed by atoms with Gasteiger partial charge in [-0.1, -0.05) is 30.3 Å². The Labute approximate surface area is 167 Å². The second kappa shape index (κ2) is 6.53. The van der Waals surface area contributed by atoms with E-state index in [9.17, 15) is 14.4 Å². The first-order valence-corrected chi connectivity index (χ1v) is 9.88. The van der Waals surface area contributed by atoms with Crippen molar-refractivity contribution in [2.45, 2.75) is 27.7 Å². The summed E-state index contributed by atoms with van der Waals surface area (Å²) in [6.07, 6.45) is 0. The van der Waals surface area contributed by atoms with Crippen molar-refractivity contribution in [3.63, 3.8) is 0 Å². The minimum atomic E-state index is -0.564. The number of rotatable bonds is 2. The van der Waals surface area contributed by atoms with Crippen LogP contribution in [-0.2, 0) is 4.79 Å². The predicted molar refractivity (Wildman–Crippen MR) is 112 cm³/mol. The SMILES string of the molecule is CC(=O)Nc1c(C)cc(C)c2c1C(=O)C(=O)c1c(-c3ccccc3C)csc1-2. The lowest BCUT2D eigenvalue weighted by atomic mass is 9.81. The van der Waals surface area contributed by atoms with Crippen LogP contribution in [0.25, 0.3) is 21.6 Å². The van der Waals surface area contributed by atoms with Crippen molar-refractivity contribution in [2.75, 3.05) is 5.32 Å². The Bertz CT molecular complexity index is 1190. The van der Waals surface area contributed by atoms with Gasteiger partial charge in [0.25, 0.3) is 0 Å². The number of benzene rings is 2. The number of thiophene rings is 1. The fourth-order valence-corrected chi connectivity index (χ4v) is 5.09. The molecule has 0 radical (unpaired) electrons. The van der Waals surface area contributed by atoms with Gasteiger partial charge in [-0.25, -0.2) is 0 Å². The number of ketones is 2. The third-order valence-electron chi connectivity index (χ3n) is 5.14. The van der Waals surface area contributed by atoms with Gasteiger partial charge in [-0.05, 0) is 48.4 Å². The molecule has 4 rings (SSSR count). The molecular formula is C23H19NO3S. The molecule has 1 N–H and O–H groups in total. The zero-order valence-corrected chi connectivity index (χ0v) is 16.9. The van der Waals surface area contributed by atoms with Crippen LogP contribution in [0.15, 0.2) is 35.7 Å². The van der Waals surface area contributed by atoms with Crippen molar-refractivity contribution in [3.8, 4) is 21.6 Å². The van der Waals surface area contributed by atoms with Crippen LogP contribution < -0.4 is 5.32 Å². The largest absolute Gasteiger partial charge is 0.325 e. The molecule has 0 saturated heterocycles. The Morgan fingerprint density at radius 2 is 1.54 bits per heavy atom. The fraction of sp³-hybridized carbons (Fsp3) is 0.174. The first-order chi connectivity index (χ1) is 13.3. The highest BCUT2D eigenvalue weighted by Crippen LogP contribution is 2.47. The summed E-state index contributed by atoms with van der Waals surface area (Å²) in [6, 6.07) is 9.79. The molecule has 0 unspecified atom stereocenters. The van der Waals surface area contributed by atoms with Crippen LogP contribution in [0.5, 0.6) is 0 Å². The van der Waals surface area contributed by atoms with Crippen molar-refractivity contribution in [1.29, 1.82) is 0 Å². The van der Waals surface area contributed by atoms with Crippen LogP contribution >= 0.6 is 11.3 Å². The molecule has 1 amide bonds. The molecule has 140 valence electrons. The van der Waals surface area contributed by atoms with E-state index < -0.39 is 11.6 Å². The lowest BCUT2D eigenvalue weighted by molar-refractivity contribution is -0.114. The van der Waals surface area contributed by atoms with Crippen molar-refractivity contribution in [2.24, 2.45) is 0 Å². The number of aryl methyl sites for hydroxylation is 3. The van der Waals surface area contributed by atoms with Gasteiger partial charge in [0.05, 0.1) is 16.8 Å². The zero-order chi connectivity index (χ0) is 20.2. The van der Waals surface area contributed by atoms with Crippen molar-refractivity contribution < 1.29 is 14.4 Å². The van der Waals surface area contributed by atoms with Gasteiger partial charge in [0.2, 0.25) is 17.5 Å². The summed E-state index contributed by atoms with van der Waals surface area (Å²) in [4.78, 5) is 38.8. The summed E-state index contributed by atoms with van der Waals surface area (Å²) < 4.78 is 0. The number of carbonyl (C=O) groups excluding carboxylic acids is 3. The zero-order valence-electron chi connectivity index (χ0n) is 16.1. The number of anilines is 1. The Balaban J connectivity index is 2.05. The molecule has 0 saturated carbocycles. The van der Waals surface area contributed by atoms with E-state index in [2.05, 4.69) is 5.32 Å². The van der Waals surface area contributed by atoms with Crippen LogP contribution in [0.4, 0.5) is 5.69 Å². The normalized spacial score (nSPS) is 12.6. The number of hydrogen-bond donors (Lipinski definition) is 1. The van der Waals surface area contributed by atoms with Crippen molar-refractivity contribution in [3.05, 3.63) is 63.5 Å². The Morgan fingerprint density at radius 1 is 0.857 bits per heavy atom. The molecule has 5 heteroatoms. The maximum atomic E-state index is 13.2. The molecule has 0 spiro atoms. The second-order valence-corrected chi connectivity index (χ2v) is 8.02. The molecule has 1 heterocycles. The molecule has 0 aliphatic heterocycles. The monoisotopic (exact) mass is 389 g/mol. The average Bonchev–Trinajstić information content (AvgIpc) is 3.06. The first-order valence-electron chi connectivity index (χ1n) is 9.00. The Hall–Kier alpha value is -3.05. The highest BCUT2D eigenvalue weighted by Gasteiger charge is 2.37.